The van der Waals surface area contributed by atoms with Crippen LogP contribution < -0.4 is 0 Å². The quantitative estimate of drug-likeness (QED) is 0.799. The summed E-state index contributed by atoms with van der Waals surface area (Å²) >= 11 is 1.50. The number of thiophene rings is 1. The van der Waals surface area contributed by atoms with E-state index in [0.717, 1.165) is 16.0 Å². The highest BCUT2D eigenvalue weighted by atomic mass is 32.2. The highest BCUT2D eigenvalue weighted by Gasteiger charge is 2.30. The average Bonchev–Trinajstić information content (AvgIpc) is 2.69. The fourth-order valence-corrected chi connectivity index (χ4v) is 5.25. The number of carbonyl (C=O) groups is 1. The van der Waals surface area contributed by atoms with E-state index in [1.807, 2.05) is 13.8 Å². The highest BCUT2D eigenvalue weighted by Crippen LogP contribution is 2.29. The lowest BCUT2D eigenvalue weighted by Gasteiger charge is -2.28. The minimum atomic E-state index is -3.38. The summed E-state index contributed by atoms with van der Waals surface area (Å²) in [4.78, 5) is 12.9. The van der Waals surface area contributed by atoms with E-state index < -0.39 is 10.0 Å². The summed E-state index contributed by atoms with van der Waals surface area (Å²) in [5.74, 6) is 0.0155. The van der Waals surface area contributed by atoms with Crippen LogP contribution in [0.25, 0.3) is 0 Å². The van der Waals surface area contributed by atoms with Crippen molar-refractivity contribution < 1.29 is 13.2 Å². The molecule has 1 saturated heterocycles. The largest absolute Gasteiger partial charge is 0.303 e. The van der Waals surface area contributed by atoms with Gasteiger partial charge in [-0.15, -0.1) is 11.3 Å². The zero-order chi connectivity index (χ0) is 13.3. The van der Waals surface area contributed by atoms with Crippen LogP contribution in [-0.4, -0.2) is 32.1 Å². The average molecular weight is 287 g/mol. The van der Waals surface area contributed by atoms with Crippen LogP contribution in [0.4, 0.5) is 0 Å². The van der Waals surface area contributed by atoms with Gasteiger partial charge in [0, 0.05) is 28.8 Å². The van der Waals surface area contributed by atoms with E-state index in [1.54, 1.807) is 6.07 Å². The molecule has 18 heavy (non-hydrogen) atoms. The van der Waals surface area contributed by atoms with Gasteiger partial charge in [0.2, 0.25) is 10.0 Å². The van der Waals surface area contributed by atoms with Gasteiger partial charge in [-0.3, -0.25) is 0 Å². The van der Waals surface area contributed by atoms with Crippen LogP contribution in [0.3, 0.4) is 0 Å². The molecule has 0 aromatic carbocycles. The number of hydrogen-bond acceptors (Lipinski definition) is 4. The highest BCUT2D eigenvalue weighted by molar-refractivity contribution is 7.89. The van der Waals surface area contributed by atoms with Gasteiger partial charge in [0.25, 0.3) is 0 Å². The van der Waals surface area contributed by atoms with Gasteiger partial charge in [0.15, 0.2) is 0 Å². The van der Waals surface area contributed by atoms with Gasteiger partial charge in [0.1, 0.15) is 6.29 Å². The van der Waals surface area contributed by atoms with E-state index in [-0.39, 0.29) is 5.92 Å². The van der Waals surface area contributed by atoms with Gasteiger partial charge in [-0.1, -0.05) is 0 Å². The van der Waals surface area contributed by atoms with Crippen molar-refractivity contribution in [1.82, 2.24) is 4.31 Å². The van der Waals surface area contributed by atoms with Gasteiger partial charge in [-0.2, -0.15) is 4.31 Å². The first-order valence-electron chi connectivity index (χ1n) is 5.97. The second-order valence-electron chi connectivity index (χ2n) is 4.66. The Balaban J connectivity index is 2.22. The van der Waals surface area contributed by atoms with E-state index in [1.165, 1.54) is 15.6 Å². The fourth-order valence-electron chi connectivity index (χ4n) is 2.25. The summed E-state index contributed by atoms with van der Waals surface area (Å²) in [6.45, 7) is 4.64. The van der Waals surface area contributed by atoms with Crippen LogP contribution in [-0.2, 0) is 14.8 Å². The molecule has 0 unspecified atom stereocenters. The molecule has 0 aliphatic carbocycles. The monoisotopic (exact) mass is 287 g/mol. The molecule has 1 fully saturated rings. The predicted molar refractivity (Wildman–Crippen MR) is 71.3 cm³/mol. The van der Waals surface area contributed by atoms with E-state index in [2.05, 4.69) is 0 Å². The lowest BCUT2D eigenvalue weighted by Crippen LogP contribution is -2.38. The molecule has 1 aromatic heterocycles. The Kier molecular flexibility index (Phi) is 3.89. The molecule has 0 saturated carbocycles. The Morgan fingerprint density at radius 3 is 2.39 bits per heavy atom. The molecule has 1 aliphatic heterocycles. The number of carbonyl (C=O) groups excluding carboxylic acids is 1. The first kappa shape index (κ1) is 13.7. The Hall–Kier alpha value is -0.720. The van der Waals surface area contributed by atoms with Crippen LogP contribution in [0.1, 0.15) is 22.6 Å². The van der Waals surface area contributed by atoms with Gasteiger partial charge >= 0.3 is 0 Å². The molecule has 0 amide bonds. The standard InChI is InChI=1S/C12H17NO3S2/c1-9-7-12(10(2)17-9)18(15,16)13-5-3-11(8-14)4-6-13/h7-8,11H,3-6H2,1-2H3. The molecule has 2 rings (SSSR count). The van der Waals surface area contributed by atoms with Gasteiger partial charge in [-0.25, -0.2) is 8.42 Å². The summed E-state index contributed by atoms with van der Waals surface area (Å²) < 4.78 is 26.4. The van der Waals surface area contributed by atoms with E-state index in [9.17, 15) is 13.2 Å². The van der Waals surface area contributed by atoms with E-state index >= 15 is 0 Å². The molecule has 0 N–H and O–H groups in total. The second kappa shape index (κ2) is 5.11. The molecule has 0 spiro atoms. The second-order valence-corrected chi connectivity index (χ2v) is 8.02. The number of nitrogens with zero attached hydrogens (tertiary/aromatic N) is 1. The molecule has 4 nitrogen and oxygen atoms in total. The number of piperidine rings is 1. The Labute approximate surface area is 112 Å². The maximum Gasteiger partial charge on any atom is 0.244 e. The van der Waals surface area contributed by atoms with Crippen molar-refractivity contribution in [1.29, 1.82) is 0 Å². The topological polar surface area (TPSA) is 54.5 Å². The summed E-state index contributed by atoms with van der Waals surface area (Å²) in [6, 6.07) is 1.74. The molecule has 1 aromatic rings. The molecule has 2 heterocycles. The third-order valence-corrected chi connectivity index (χ3v) is 6.42. The van der Waals surface area contributed by atoms with Crippen molar-refractivity contribution in [3.8, 4) is 0 Å². The Morgan fingerprint density at radius 2 is 1.94 bits per heavy atom. The van der Waals surface area contributed by atoms with Crippen molar-refractivity contribution in [3.05, 3.63) is 15.8 Å². The molecule has 6 heteroatoms. The number of sulfonamides is 1. The van der Waals surface area contributed by atoms with E-state index in [4.69, 9.17) is 0 Å². The van der Waals surface area contributed by atoms with Gasteiger partial charge in [0.05, 0.1) is 4.90 Å². The lowest BCUT2D eigenvalue weighted by molar-refractivity contribution is -0.112. The van der Waals surface area contributed by atoms with Crippen molar-refractivity contribution in [2.45, 2.75) is 31.6 Å². The smallest absolute Gasteiger partial charge is 0.244 e. The summed E-state index contributed by atoms with van der Waals surface area (Å²) in [6.07, 6.45) is 2.19. The first-order valence-corrected chi connectivity index (χ1v) is 8.23. The zero-order valence-electron chi connectivity index (χ0n) is 10.5. The number of aldehydes is 1. The maximum absolute atomic E-state index is 12.5. The molecule has 100 valence electrons. The fraction of sp³-hybridized carbons (Fsp3) is 0.583. The Bertz CT molecular complexity index is 540. The van der Waals surface area contributed by atoms with Crippen molar-refractivity contribution >= 4 is 27.6 Å². The van der Waals surface area contributed by atoms with Crippen LogP contribution in [0.2, 0.25) is 0 Å². The number of hydrogen-bond donors (Lipinski definition) is 0. The van der Waals surface area contributed by atoms with Crippen LogP contribution in [0.15, 0.2) is 11.0 Å². The normalized spacial score (nSPS) is 19.0. The predicted octanol–water partition coefficient (Wildman–Crippen LogP) is 1.96. The SMILES string of the molecule is Cc1cc(S(=O)(=O)N2CCC(C=O)CC2)c(C)s1. The molecule has 1 aliphatic rings. The Morgan fingerprint density at radius 1 is 1.33 bits per heavy atom. The van der Waals surface area contributed by atoms with Crippen LogP contribution in [0, 0.1) is 19.8 Å². The molecule has 0 bridgehead atoms. The first-order chi connectivity index (χ1) is 8.45. The third kappa shape index (κ3) is 2.50. The maximum atomic E-state index is 12.5. The minimum Gasteiger partial charge on any atom is -0.303 e. The van der Waals surface area contributed by atoms with Crippen LogP contribution in [0.5, 0.6) is 0 Å². The summed E-state index contributed by atoms with van der Waals surface area (Å²) in [7, 11) is -3.38. The van der Waals surface area contributed by atoms with Crippen molar-refractivity contribution in [2.24, 2.45) is 5.92 Å². The molecule has 0 atom stereocenters. The molecule has 0 radical (unpaired) electrons. The van der Waals surface area contributed by atoms with Crippen LogP contribution >= 0.6 is 11.3 Å². The summed E-state index contributed by atoms with van der Waals surface area (Å²) in [5, 5.41) is 0. The third-order valence-electron chi connectivity index (χ3n) is 3.30. The van der Waals surface area contributed by atoms with Gasteiger partial charge < -0.3 is 4.79 Å². The number of rotatable bonds is 3. The minimum absolute atomic E-state index is 0.0155. The molecular weight excluding hydrogens is 270 g/mol. The summed E-state index contributed by atoms with van der Waals surface area (Å²) in [5.41, 5.74) is 0. The van der Waals surface area contributed by atoms with Gasteiger partial charge in [-0.05, 0) is 32.8 Å². The van der Waals surface area contributed by atoms with E-state index in [0.29, 0.717) is 30.8 Å². The lowest BCUT2D eigenvalue weighted by atomic mass is 10.0. The number of aryl methyl sites for hydroxylation is 2. The molecular formula is C12H17NO3S2. The zero-order valence-corrected chi connectivity index (χ0v) is 12.2. The van der Waals surface area contributed by atoms with Crippen molar-refractivity contribution in [3.63, 3.8) is 0 Å². The van der Waals surface area contributed by atoms with Crippen molar-refractivity contribution in [2.75, 3.05) is 13.1 Å².